The highest BCUT2D eigenvalue weighted by Gasteiger charge is 2.41. The number of rotatable bonds is 5. The summed E-state index contributed by atoms with van der Waals surface area (Å²) in [7, 11) is 0. The molecule has 2 saturated carbocycles. The van der Waals surface area contributed by atoms with Gasteiger partial charge in [0, 0.05) is 37.3 Å². The van der Waals surface area contributed by atoms with Crippen molar-refractivity contribution in [3.05, 3.63) is 30.1 Å². The highest BCUT2D eigenvalue weighted by Crippen LogP contribution is 2.33. The van der Waals surface area contributed by atoms with E-state index in [-0.39, 0.29) is 29.9 Å². The van der Waals surface area contributed by atoms with Gasteiger partial charge in [0.15, 0.2) is 0 Å². The van der Waals surface area contributed by atoms with E-state index < -0.39 is 0 Å². The van der Waals surface area contributed by atoms with Gasteiger partial charge in [-0.15, -0.1) is 0 Å². The van der Waals surface area contributed by atoms with Crippen LogP contribution in [-0.2, 0) is 20.7 Å². The number of pyridine rings is 1. The van der Waals surface area contributed by atoms with Gasteiger partial charge in [0.25, 0.3) is 0 Å². The molecule has 1 aliphatic heterocycles. The van der Waals surface area contributed by atoms with Gasteiger partial charge in [-0.1, -0.05) is 0 Å². The quantitative estimate of drug-likeness (QED) is 0.860. The van der Waals surface area contributed by atoms with E-state index in [1.54, 1.807) is 12.4 Å². The first kappa shape index (κ1) is 18.4. The molecule has 6 heteroatoms. The zero-order valence-corrected chi connectivity index (χ0v) is 15.8. The van der Waals surface area contributed by atoms with Crippen molar-refractivity contribution < 1.29 is 14.3 Å². The summed E-state index contributed by atoms with van der Waals surface area (Å²) >= 11 is 0. The molecule has 2 aliphatic carbocycles. The molecule has 3 atom stereocenters. The molecule has 0 aromatic carbocycles. The number of aryl methyl sites for hydroxylation is 1. The number of nitrogens with zero attached hydrogens (tertiary/aromatic N) is 2. The van der Waals surface area contributed by atoms with Gasteiger partial charge in [0.05, 0.1) is 18.8 Å². The molecule has 0 spiro atoms. The van der Waals surface area contributed by atoms with Crippen LogP contribution in [0.3, 0.4) is 0 Å². The Bertz CT molecular complexity index is 662. The lowest BCUT2D eigenvalue weighted by atomic mass is 9.81. The highest BCUT2D eigenvalue weighted by molar-refractivity contribution is 5.80. The third-order valence-electron chi connectivity index (χ3n) is 6.34. The lowest BCUT2D eigenvalue weighted by Crippen LogP contribution is -2.57. The van der Waals surface area contributed by atoms with E-state index in [0.717, 1.165) is 44.1 Å². The maximum Gasteiger partial charge on any atom is 0.223 e. The van der Waals surface area contributed by atoms with Crippen LogP contribution in [-0.4, -0.2) is 53.0 Å². The molecular formula is C21H29N3O3. The van der Waals surface area contributed by atoms with E-state index >= 15 is 0 Å². The highest BCUT2D eigenvalue weighted by atomic mass is 16.5. The van der Waals surface area contributed by atoms with Crippen molar-refractivity contribution in [3.8, 4) is 0 Å². The third kappa shape index (κ3) is 4.32. The first-order valence-corrected chi connectivity index (χ1v) is 10.3. The SMILES string of the molecule is O=C(NC1CCC1)[C@H]1CC[C@H]2OCCN(C(=O)CCc3ccncc3)[C@@H]2C1. The number of carbonyl (C=O) groups is 2. The molecule has 1 N–H and O–H groups in total. The Morgan fingerprint density at radius 1 is 1.19 bits per heavy atom. The maximum atomic E-state index is 12.9. The second-order valence-corrected chi connectivity index (χ2v) is 8.07. The summed E-state index contributed by atoms with van der Waals surface area (Å²) in [6, 6.07) is 4.32. The minimum atomic E-state index is 0.00375. The van der Waals surface area contributed by atoms with Crippen molar-refractivity contribution >= 4 is 11.8 Å². The lowest BCUT2D eigenvalue weighted by molar-refractivity contribution is -0.154. The first-order chi connectivity index (χ1) is 13.2. The van der Waals surface area contributed by atoms with Crippen LogP contribution in [0.25, 0.3) is 0 Å². The maximum absolute atomic E-state index is 12.9. The van der Waals surface area contributed by atoms with Crippen LogP contribution in [0.2, 0.25) is 0 Å². The number of aromatic nitrogens is 1. The molecule has 1 saturated heterocycles. The smallest absolute Gasteiger partial charge is 0.223 e. The summed E-state index contributed by atoms with van der Waals surface area (Å²) in [5, 5.41) is 3.18. The van der Waals surface area contributed by atoms with Crippen molar-refractivity contribution in [1.82, 2.24) is 15.2 Å². The average Bonchev–Trinajstić information content (AvgIpc) is 2.68. The Labute approximate surface area is 160 Å². The Morgan fingerprint density at radius 3 is 2.74 bits per heavy atom. The van der Waals surface area contributed by atoms with Crippen molar-refractivity contribution in [2.24, 2.45) is 5.92 Å². The number of morpholine rings is 1. The van der Waals surface area contributed by atoms with E-state index in [2.05, 4.69) is 10.3 Å². The fourth-order valence-corrected chi connectivity index (χ4v) is 4.47. The molecule has 0 bridgehead atoms. The zero-order valence-electron chi connectivity index (χ0n) is 15.8. The van der Waals surface area contributed by atoms with Crippen LogP contribution in [0.15, 0.2) is 24.5 Å². The summed E-state index contributed by atoms with van der Waals surface area (Å²) in [5.74, 6) is 0.349. The third-order valence-corrected chi connectivity index (χ3v) is 6.34. The number of hydrogen-bond donors (Lipinski definition) is 1. The number of carbonyl (C=O) groups excluding carboxylic acids is 2. The van der Waals surface area contributed by atoms with Crippen molar-refractivity contribution in [2.45, 2.75) is 69.6 Å². The fourth-order valence-electron chi connectivity index (χ4n) is 4.47. The molecule has 27 heavy (non-hydrogen) atoms. The van der Waals surface area contributed by atoms with Crippen LogP contribution < -0.4 is 5.32 Å². The van der Waals surface area contributed by atoms with Crippen molar-refractivity contribution in [1.29, 1.82) is 0 Å². The van der Waals surface area contributed by atoms with Gasteiger partial charge in [0.2, 0.25) is 11.8 Å². The molecular weight excluding hydrogens is 342 g/mol. The molecule has 1 aromatic heterocycles. The number of nitrogens with one attached hydrogen (secondary N) is 1. The van der Waals surface area contributed by atoms with Crippen LogP contribution >= 0.6 is 0 Å². The monoisotopic (exact) mass is 371 g/mol. The molecule has 3 aliphatic rings. The molecule has 146 valence electrons. The lowest BCUT2D eigenvalue weighted by Gasteiger charge is -2.46. The Morgan fingerprint density at radius 2 is 2.00 bits per heavy atom. The predicted octanol–water partition coefficient (Wildman–Crippen LogP) is 2.08. The number of ether oxygens (including phenoxy) is 1. The van der Waals surface area contributed by atoms with E-state index in [1.165, 1.54) is 6.42 Å². The van der Waals surface area contributed by atoms with Crippen LogP contribution in [0.4, 0.5) is 0 Å². The van der Waals surface area contributed by atoms with Crippen molar-refractivity contribution in [3.63, 3.8) is 0 Å². The first-order valence-electron chi connectivity index (χ1n) is 10.3. The Hall–Kier alpha value is -1.95. The van der Waals surface area contributed by atoms with Gasteiger partial charge < -0.3 is 15.0 Å². The standard InChI is InChI=1S/C21H29N3O3/c25-20(7-4-15-8-10-22-11-9-15)24-12-13-27-19-6-5-16(14-18(19)24)21(26)23-17-2-1-3-17/h8-11,16-19H,1-7,12-14H2,(H,23,26)/t16-,18+,19+/m0/s1. The molecule has 0 radical (unpaired) electrons. The predicted molar refractivity (Wildman–Crippen MR) is 101 cm³/mol. The minimum Gasteiger partial charge on any atom is -0.374 e. The van der Waals surface area contributed by atoms with Gasteiger partial charge in [0.1, 0.15) is 0 Å². The van der Waals surface area contributed by atoms with Crippen molar-refractivity contribution in [2.75, 3.05) is 13.2 Å². The van der Waals surface area contributed by atoms with E-state index in [0.29, 0.717) is 25.6 Å². The molecule has 2 heterocycles. The van der Waals surface area contributed by atoms with Gasteiger partial charge in [-0.2, -0.15) is 0 Å². The summed E-state index contributed by atoms with van der Waals surface area (Å²) in [6.45, 7) is 1.23. The molecule has 6 nitrogen and oxygen atoms in total. The summed E-state index contributed by atoms with van der Waals surface area (Å²) in [4.78, 5) is 31.5. The molecule has 3 fully saturated rings. The minimum absolute atomic E-state index is 0.00375. The Balaban J connectivity index is 1.35. The zero-order chi connectivity index (χ0) is 18.6. The van der Waals surface area contributed by atoms with Crippen LogP contribution in [0.1, 0.15) is 50.5 Å². The van der Waals surface area contributed by atoms with E-state index in [9.17, 15) is 9.59 Å². The molecule has 2 amide bonds. The molecule has 4 rings (SSSR count). The van der Waals surface area contributed by atoms with Gasteiger partial charge in [-0.25, -0.2) is 0 Å². The second kappa shape index (κ2) is 8.38. The van der Waals surface area contributed by atoms with E-state index in [1.807, 2.05) is 17.0 Å². The average molecular weight is 371 g/mol. The number of amides is 2. The van der Waals surface area contributed by atoms with Gasteiger partial charge in [-0.3, -0.25) is 14.6 Å². The van der Waals surface area contributed by atoms with Crippen LogP contribution in [0, 0.1) is 5.92 Å². The molecule has 1 aromatic rings. The Kier molecular flexibility index (Phi) is 5.72. The number of hydrogen-bond acceptors (Lipinski definition) is 4. The largest absolute Gasteiger partial charge is 0.374 e. The summed E-state index contributed by atoms with van der Waals surface area (Å²) in [6.07, 6.45) is 10.7. The van der Waals surface area contributed by atoms with E-state index in [4.69, 9.17) is 4.74 Å². The van der Waals surface area contributed by atoms with Gasteiger partial charge in [-0.05, 0) is 62.6 Å². The topological polar surface area (TPSA) is 71.5 Å². The fraction of sp³-hybridized carbons (Fsp3) is 0.667. The summed E-state index contributed by atoms with van der Waals surface area (Å²) in [5.41, 5.74) is 1.13. The normalized spacial score (nSPS) is 28.1. The number of fused-ring (bicyclic) bond motifs is 1. The summed E-state index contributed by atoms with van der Waals surface area (Å²) < 4.78 is 5.93. The second-order valence-electron chi connectivity index (χ2n) is 8.07. The van der Waals surface area contributed by atoms with Gasteiger partial charge >= 0.3 is 0 Å². The molecule has 0 unspecified atom stereocenters. The van der Waals surface area contributed by atoms with Crippen LogP contribution in [0.5, 0.6) is 0 Å².